The van der Waals surface area contributed by atoms with Crippen molar-refractivity contribution in [3.8, 4) is 0 Å². The van der Waals surface area contributed by atoms with Crippen LogP contribution in [-0.2, 0) is 6.54 Å². The summed E-state index contributed by atoms with van der Waals surface area (Å²) >= 11 is 0. The number of fused-ring (bicyclic) bond motifs is 1. The van der Waals surface area contributed by atoms with Crippen molar-refractivity contribution >= 4 is 10.9 Å². The molecule has 19 heavy (non-hydrogen) atoms. The predicted molar refractivity (Wildman–Crippen MR) is 76.9 cm³/mol. The molecule has 0 unspecified atom stereocenters. The Morgan fingerprint density at radius 3 is 2.68 bits per heavy atom. The maximum atomic E-state index is 13.3. The van der Waals surface area contributed by atoms with Crippen molar-refractivity contribution in [3.05, 3.63) is 71.2 Å². The Morgan fingerprint density at radius 1 is 1.00 bits per heavy atom. The fraction of sp³-hybridized carbons (Fsp3) is 0.176. The van der Waals surface area contributed by atoms with Crippen molar-refractivity contribution in [2.45, 2.75) is 20.4 Å². The molecule has 0 spiro atoms. The fourth-order valence-corrected chi connectivity index (χ4v) is 2.51. The standard InChI is InChI=1S/C17H16FN/c1-12-6-7-15(18)10-14(12)11-19-9-8-16-13(2)4-3-5-17(16)19/h3-10H,11H2,1-2H3. The quantitative estimate of drug-likeness (QED) is 0.636. The van der Waals surface area contributed by atoms with Crippen molar-refractivity contribution < 1.29 is 4.39 Å². The third-order valence-electron chi connectivity index (χ3n) is 3.68. The van der Waals surface area contributed by atoms with Crippen LogP contribution in [0.5, 0.6) is 0 Å². The molecule has 96 valence electrons. The molecule has 1 heterocycles. The van der Waals surface area contributed by atoms with Gasteiger partial charge in [0.25, 0.3) is 0 Å². The summed E-state index contributed by atoms with van der Waals surface area (Å²) in [5.74, 6) is -0.173. The Kier molecular flexibility index (Phi) is 2.86. The lowest BCUT2D eigenvalue weighted by molar-refractivity contribution is 0.623. The number of benzene rings is 2. The van der Waals surface area contributed by atoms with Gasteiger partial charge in [-0.2, -0.15) is 0 Å². The van der Waals surface area contributed by atoms with Crippen molar-refractivity contribution in [1.29, 1.82) is 0 Å². The Bertz CT molecular complexity index is 740. The van der Waals surface area contributed by atoms with Crippen molar-refractivity contribution in [1.82, 2.24) is 4.57 Å². The molecule has 0 saturated heterocycles. The van der Waals surface area contributed by atoms with Crippen LogP contribution in [0, 0.1) is 19.7 Å². The van der Waals surface area contributed by atoms with E-state index in [-0.39, 0.29) is 5.82 Å². The zero-order chi connectivity index (χ0) is 13.4. The van der Waals surface area contributed by atoms with Gasteiger partial charge in [0.2, 0.25) is 0 Å². The zero-order valence-corrected chi connectivity index (χ0v) is 11.2. The van der Waals surface area contributed by atoms with Crippen LogP contribution in [-0.4, -0.2) is 4.57 Å². The molecule has 0 aliphatic rings. The van der Waals surface area contributed by atoms with E-state index in [9.17, 15) is 4.39 Å². The second-order valence-electron chi connectivity index (χ2n) is 5.02. The van der Waals surface area contributed by atoms with Crippen LogP contribution in [0.15, 0.2) is 48.7 Å². The molecule has 0 fully saturated rings. The second-order valence-corrected chi connectivity index (χ2v) is 5.02. The molecule has 0 amide bonds. The van der Waals surface area contributed by atoms with E-state index in [2.05, 4.69) is 42.0 Å². The highest BCUT2D eigenvalue weighted by Gasteiger charge is 2.06. The lowest BCUT2D eigenvalue weighted by Gasteiger charge is -2.09. The van der Waals surface area contributed by atoms with Crippen molar-refractivity contribution in [3.63, 3.8) is 0 Å². The number of rotatable bonds is 2. The minimum atomic E-state index is -0.173. The van der Waals surface area contributed by atoms with E-state index in [4.69, 9.17) is 0 Å². The third-order valence-corrected chi connectivity index (χ3v) is 3.68. The number of aromatic nitrogens is 1. The molecule has 0 aliphatic carbocycles. The summed E-state index contributed by atoms with van der Waals surface area (Å²) in [7, 11) is 0. The van der Waals surface area contributed by atoms with Gasteiger partial charge in [0, 0.05) is 23.6 Å². The first-order valence-electron chi connectivity index (χ1n) is 6.44. The van der Waals surface area contributed by atoms with Gasteiger partial charge in [-0.15, -0.1) is 0 Å². The summed E-state index contributed by atoms with van der Waals surface area (Å²) in [5.41, 5.74) is 4.62. The van der Waals surface area contributed by atoms with Crippen LogP contribution in [0.4, 0.5) is 4.39 Å². The SMILES string of the molecule is Cc1ccc(F)cc1Cn1ccc2c(C)cccc21. The van der Waals surface area contributed by atoms with E-state index >= 15 is 0 Å². The Balaban J connectivity index is 2.06. The fourth-order valence-electron chi connectivity index (χ4n) is 2.51. The van der Waals surface area contributed by atoms with E-state index in [1.165, 1.54) is 22.5 Å². The summed E-state index contributed by atoms with van der Waals surface area (Å²) in [6.45, 7) is 4.84. The summed E-state index contributed by atoms with van der Waals surface area (Å²) in [6.07, 6.45) is 2.07. The normalized spacial score (nSPS) is 11.1. The highest BCUT2D eigenvalue weighted by atomic mass is 19.1. The van der Waals surface area contributed by atoms with Crippen LogP contribution in [0.3, 0.4) is 0 Å². The molecular formula is C17H16FN. The van der Waals surface area contributed by atoms with Gasteiger partial charge in [-0.05, 0) is 54.8 Å². The Morgan fingerprint density at radius 2 is 1.84 bits per heavy atom. The van der Waals surface area contributed by atoms with Gasteiger partial charge in [-0.1, -0.05) is 18.2 Å². The molecular weight excluding hydrogens is 237 g/mol. The largest absolute Gasteiger partial charge is 0.343 e. The lowest BCUT2D eigenvalue weighted by Crippen LogP contribution is -2.00. The highest BCUT2D eigenvalue weighted by Crippen LogP contribution is 2.21. The first-order valence-corrected chi connectivity index (χ1v) is 6.44. The molecule has 0 N–H and O–H groups in total. The number of hydrogen-bond acceptors (Lipinski definition) is 0. The minimum absolute atomic E-state index is 0.173. The summed E-state index contributed by atoms with van der Waals surface area (Å²) in [4.78, 5) is 0. The third kappa shape index (κ3) is 2.14. The molecule has 1 nitrogen and oxygen atoms in total. The predicted octanol–water partition coefficient (Wildman–Crippen LogP) is 4.45. The van der Waals surface area contributed by atoms with E-state index in [0.717, 1.165) is 11.1 Å². The van der Waals surface area contributed by atoms with Gasteiger partial charge in [-0.25, -0.2) is 4.39 Å². The van der Waals surface area contributed by atoms with Crippen LogP contribution >= 0.6 is 0 Å². The van der Waals surface area contributed by atoms with Gasteiger partial charge in [0.1, 0.15) is 5.82 Å². The van der Waals surface area contributed by atoms with Gasteiger partial charge in [-0.3, -0.25) is 0 Å². The Hall–Kier alpha value is -2.09. The average Bonchev–Trinajstić information content (AvgIpc) is 2.79. The summed E-state index contributed by atoms with van der Waals surface area (Å²) in [5, 5.41) is 1.26. The van der Waals surface area contributed by atoms with Crippen molar-refractivity contribution in [2.24, 2.45) is 0 Å². The van der Waals surface area contributed by atoms with E-state index in [1.54, 1.807) is 6.07 Å². The Labute approximate surface area is 112 Å². The van der Waals surface area contributed by atoms with Gasteiger partial charge in [0.05, 0.1) is 0 Å². The first-order chi connectivity index (χ1) is 9.15. The molecule has 3 aromatic rings. The average molecular weight is 253 g/mol. The number of halogens is 1. The monoisotopic (exact) mass is 253 g/mol. The van der Waals surface area contributed by atoms with Crippen molar-refractivity contribution in [2.75, 3.05) is 0 Å². The number of nitrogens with zero attached hydrogens (tertiary/aromatic N) is 1. The molecule has 0 saturated carbocycles. The molecule has 0 aliphatic heterocycles. The highest BCUT2D eigenvalue weighted by molar-refractivity contribution is 5.83. The zero-order valence-electron chi connectivity index (χ0n) is 11.2. The molecule has 2 aromatic carbocycles. The second kappa shape index (κ2) is 4.54. The number of hydrogen-bond donors (Lipinski definition) is 0. The van der Waals surface area contributed by atoms with Gasteiger partial charge >= 0.3 is 0 Å². The molecule has 0 bridgehead atoms. The van der Waals surface area contributed by atoms with E-state index < -0.39 is 0 Å². The van der Waals surface area contributed by atoms with E-state index in [1.807, 2.05) is 13.0 Å². The van der Waals surface area contributed by atoms with Crippen LogP contribution in [0.1, 0.15) is 16.7 Å². The molecule has 1 aromatic heterocycles. The van der Waals surface area contributed by atoms with Crippen LogP contribution in [0.25, 0.3) is 10.9 Å². The minimum Gasteiger partial charge on any atom is -0.343 e. The summed E-state index contributed by atoms with van der Waals surface area (Å²) < 4.78 is 15.5. The van der Waals surface area contributed by atoms with Gasteiger partial charge in [0.15, 0.2) is 0 Å². The summed E-state index contributed by atoms with van der Waals surface area (Å²) in [6, 6.07) is 13.4. The van der Waals surface area contributed by atoms with Crippen LogP contribution in [0.2, 0.25) is 0 Å². The maximum absolute atomic E-state index is 13.3. The first kappa shape index (κ1) is 12.0. The maximum Gasteiger partial charge on any atom is 0.123 e. The van der Waals surface area contributed by atoms with Crippen LogP contribution < -0.4 is 0 Å². The topological polar surface area (TPSA) is 4.93 Å². The van der Waals surface area contributed by atoms with E-state index in [0.29, 0.717) is 6.54 Å². The molecule has 0 radical (unpaired) electrons. The van der Waals surface area contributed by atoms with Gasteiger partial charge < -0.3 is 4.57 Å². The molecule has 3 rings (SSSR count). The smallest absolute Gasteiger partial charge is 0.123 e. The lowest BCUT2D eigenvalue weighted by atomic mass is 10.1. The molecule has 2 heteroatoms. The number of aryl methyl sites for hydroxylation is 2. The molecule has 0 atom stereocenters.